The van der Waals surface area contributed by atoms with E-state index in [0.29, 0.717) is 19.8 Å². The Morgan fingerprint density at radius 3 is 2.84 bits per heavy atom. The number of aryl methyl sites for hydroxylation is 1. The van der Waals surface area contributed by atoms with Crippen LogP contribution in [0.25, 0.3) is 0 Å². The lowest BCUT2D eigenvalue weighted by molar-refractivity contribution is 0.0420. The third kappa shape index (κ3) is 7.42. The normalized spacial score (nSPS) is 19.0. The molecule has 1 saturated heterocycles. The highest BCUT2D eigenvalue weighted by Gasteiger charge is 2.15. The largest absolute Gasteiger partial charge is 0.386 e. The second kappa shape index (κ2) is 11.1. The zero-order valence-corrected chi connectivity index (χ0v) is 15.3. The summed E-state index contributed by atoms with van der Waals surface area (Å²) in [6.45, 7) is 8.18. The fraction of sp³-hybridized carbons (Fsp3) is 0.632. The van der Waals surface area contributed by atoms with Crippen LogP contribution in [0, 0.1) is 6.92 Å². The number of nitrogens with one attached hydrogen (secondary N) is 2. The van der Waals surface area contributed by atoms with Gasteiger partial charge in [-0.2, -0.15) is 0 Å². The highest BCUT2D eigenvalue weighted by Crippen LogP contribution is 2.13. The lowest BCUT2D eigenvalue weighted by Crippen LogP contribution is -2.38. The number of hydrogen-bond acceptors (Lipinski definition) is 4. The Balaban J connectivity index is 1.70. The van der Waals surface area contributed by atoms with Crippen molar-refractivity contribution >= 4 is 5.96 Å². The van der Waals surface area contributed by atoms with E-state index in [1.165, 1.54) is 5.56 Å². The first-order chi connectivity index (χ1) is 12.2. The second-order valence-electron chi connectivity index (χ2n) is 6.28. The Hall–Kier alpha value is -1.63. The number of nitrogens with zero attached hydrogens (tertiary/aromatic N) is 1. The van der Waals surface area contributed by atoms with Gasteiger partial charge in [0.2, 0.25) is 0 Å². The van der Waals surface area contributed by atoms with Crippen LogP contribution in [-0.4, -0.2) is 56.6 Å². The molecule has 3 N–H and O–H groups in total. The smallest absolute Gasteiger partial charge is 0.191 e. The molecule has 1 heterocycles. The van der Waals surface area contributed by atoms with Crippen molar-refractivity contribution in [2.24, 2.45) is 4.99 Å². The van der Waals surface area contributed by atoms with Gasteiger partial charge in [-0.3, -0.25) is 4.99 Å². The van der Waals surface area contributed by atoms with Crippen LogP contribution in [0.1, 0.15) is 37.0 Å². The molecule has 6 nitrogen and oxygen atoms in total. The molecule has 0 radical (unpaired) electrons. The molecule has 1 aromatic rings. The van der Waals surface area contributed by atoms with E-state index in [2.05, 4.69) is 15.6 Å². The third-order valence-electron chi connectivity index (χ3n) is 4.08. The number of aliphatic imine (C=N–C) groups is 1. The maximum atomic E-state index is 10.3. The number of aliphatic hydroxyl groups is 1. The molecular formula is C19H31N3O3. The first kappa shape index (κ1) is 19.7. The lowest BCUT2D eigenvalue weighted by atomic mass is 10.1. The number of guanidine groups is 1. The minimum absolute atomic E-state index is 0.256. The highest BCUT2D eigenvalue weighted by molar-refractivity contribution is 5.79. The van der Waals surface area contributed by atoms with Gasteiger partial charge in [0.25, 0.3) is 0 Å². The molecule has 1 fully saturated rings. The fourth-order valence-corrected chi connectivity index (χ4v) is 2.59. The Kier molecular flexibility index (Phi) is 8.72. The average molecular weight is 349 g/mol. The molecular weight excluding hydrogens is 318 g/mol. The zero-order chi connectivity index (χ0) is 17.9. The zero-order valence-electron chi connectivity index (χ0n) is 15.3. The molecule has 0 aliphatic carbocycles. The Morgan fingerprint density at radius 2 is 2.16 bits per heavy atom. The molecule has 2 rings (SSSR count). The molecule has 25 heavy (non-hydrogen) atoms. The first-order valence-electron chi connectivity index (χ1n) is 9.15. The SMILES string of the molecule is CCNC(=NCC(O)c1ccc(C)cc1)NCCCOC1CCOC1. The van der Waals surface area contributed by atoms with Crippen LogP contribution < -0.4 is 10.6 Å². The van der Waals surface area contributed by atoms with Gasteiger partial charge in [0.1, 0.15) is 0 Å². The fourth-order valence-electron chi connectivity index (χ4n) is 2.59. The van der Waals surface area contributed by atoms with Crippen molar-refractivity contribution in [2.45, 2.75) is 38.9 Å². The molecule has 6 heteroatoms. The standard InChI is InChI=1S/C19H31N3O3/c1-3-20-19(21-10-4-11-25-17-9-12-24-14-17)22-13-18(23)16-7-5-15(2)6-8-16/h5-8,17-18,23H,3-4,9-14H2,1-2H3,(H2,20,21,22). The Labute approximate surface area is 150 Å². The maximum absolute atomic E-state index is 10.3. The molecule has 0 spiro atoms. The summed E-state index contributed by atoms with van der Waals surface area (Å²) in [5, 5.41) is 16.7. The van der Waals surface area contributed by atoms with Crippen molar-refractivity contribution in [3.63, 3.8) is 0 Å². The summed E-state index contributed by atoms with van der Waals surface area (Å²) < 4.78 is 11.0. The number of hydrogen-bond donors (Lipinski definition) is 3. The van der Waals surface area contributed by atoms with Gasteiger partial charge in [0, 0.05) is 26.3 Å². The van der Waals surface area contributed by atoms with Gasteiger partial charge >= 0.3 is 0 Å². The van der Waals surface area contributed by atoms with E-state index >= 15 is 0 Å². The quantitative estimate of drug-likeness (QED) is 0.360. The van der Waals surface area contributed by atoms with Gasteiger partial charge in [0.15, 0.2) is 5.96 Å². The molecule has 2 unspecified atom stereocenters. The molecule has 0 saturated carbocycles. The lowest BCUT2D eigenvalue weighted by Gasteiger charge is -2.14. The predicted octanol–water partition coefficient (Wildman–Crippen LogP) is 1.78. The third-order valence-corrected chi connectivity index (χ3v) is 4.08. The topological polar surface area (TPSA) is 75.1 Å². The molecule has 1 aromatic carbocycles. The molecule has 140 valence electrons. The van der Waals surface area contributed by atoms with Crippen molar-refractivity contribution in [2.75, 3.05) is 39.5 Å². The summed E-state index contributed by atoms with van der Waals surface area (Å²) in [4.78, 5) is 4.47. The van der Waals surface area contributed by atoms with Gasteiger partial charge in [0.05, 0.1) is 25.4 Å². The molecule has 0 amide bonds. The molecule has 1 aliphatic heterocycles. The minimum Gasteiger partial charge on any atom is -0.386 e. The second-order valence-corrected chi connectivity index (χ2v) is 6.28. The van der Waals surface area contributed by atoms with Gasteiger partial charge in [-0.1, -0.05) is 29.8 Å². The van der Waals surface area contributed by atoms with E-state index in [4.69, 9.17) is 9.47 Å². The maximum Gasteiger partial charge on any atom is 0.191 e. The highest BCUT2D eigenvalue weighted by atomic mass is 16.5. The van der Waals surface area contributed by atoms with Crippen molar-refractivity contribution < 1.29 is 14.6 Å². The van der Waals surface area contributed by atoms with E-state index in [1.54, 1.807) is 0 Å². The molecule has 2 atom stereocenters. The van der Waals surface area contributed by atoms with Gasteiger partial charge in [-0.05, 0) is 32.3 Å². The van der Waals surface area contributed by atoms with Crippen LogP contribution in [0.4, 0.5) is 0 Å². The van der Waals surface area contributed by atoms with Crippen molar-refractivity contribution in [1.29, 1.82) is 0 Å². The van der Waals surface area contributed by atoms with Crippen LogP contribution >= 0.6 is 0 Å². The summed E-state index contributed by atoms with van der Waals surface area (Å²) in [5.41, 5.74) is 2.07. The number of benzene rings is 1. The molecule has 0 bridgehead atoms. The van der Waals surface area contributed by atoms with Crippen LogP contribution in [0.2, 0.25) is 0 Å². The Bertz CT molecular complexity index is 513. The summed E-state index contributed by atoms with van der Waals surface area (Å²) in [5.74, 6) is 0.720. The number of ether oxygens (including phenoxy) is 2. The van der Waals surface area contributed by atoms with Crippen molar-refractivity contribution in [3.8, 4) is 0 Å². The summed E-state index contributed by atoms with van der Waals surface area (Å²) >= 11 is 0. The van der Waals surface area contributed by atoms with Gasteiger partial charge < -0.3 is 25.2 Å². The van der Waals surface area contributed by atoms with Crippen LogP contribution in [0.15, 0.2) is 29.3 Å². The van der Waals surface area contributed by atoms with Crippen molar-refractivity contribution in [1.82, 2.24) is 10.6 Å². The molecule has 0 aromatic heterocycles. The summed E-state index contributed by atoms with van der Waals surface area (Å²) in [6, 6.07) is 7.89. The van der Waals surface area contributed by atoms with Gasteiger partial charge in [-0.15, -0.1) is 0 Å². The summed E-state index contributed by atoms with van der Waals surface area (Å²) in [7, 11) is 0. The van der Waals surface area contributed by atoms with Gasteiger partial charge in [-0.25, -0.2) is 0 Å². The molecule has 1 aliphatic rings. The van der Waals surface area contributed by atoms with Crippen LogP contribution in [0.5, 0.6) is 0 Å². The van der Waals surface area contributed by atoms with E-state index in [9.17, 15) is 5.11 Å². The van der Waals surface area contributed by atoms with E-state index in [0.717, 1.165) is 44.1 Å². The predicted molar refractivity (Wildman–Crippen MR) is 99.9 cm³/mol. The van der Waals surface area contributed by atoms with E-state index in [-0.39, 0.29) is 6.10 Å². The summed E-state index contributed by atoms with van der Waals surface area (Å²) in [6.07, 6.45) is 1.56. The first-order valence-corrected chi connectivity index (χ1v) is 9.15. The monoisotopic (exact) mass is 349 g/mol. The average Bonchev–Trinajstić information content (AvgIpc) is 3.13. The van der Waals surface area contributed by atoms with Crippen LogP contribution in [-0.2, 0) is 9.47 Å². The Morgan fingerprint density at radius 1 is 1.36 bits per heavy atom. The number of aliphatic hydroxyl groups excluding tert-OH is 1. The van der Waals surface area contributed by atoms with Crippen LogP contribution in [0.3, 0.4) is 0 Å². The van der Waals surface area contributed by atoms with E-state index in [1.807, 2.05) is 38.1 Å². The number of rotatable bonds is 9. The van der Waals surface area contributed by atoms with Crippen molar-refractivity contribution in [3.05, 3.63) is 35.4 Å². The van der Waals surface area contributed by atoms with E-state index < -0.39 is 6.10 Å². The minimum atomic E-state index is -0.596.